The molecule has 1 aliphatic carbocycles. The molecule has 4 N–H and O–H groups in total. The van der Waals surface area contributed by atoms with Crippen molar-refractivity contribution in [1.29, 1.82) is 0 Å². The normalized spacial score (nSPS) is 17.0. The van der Waals surface area contributed by atoms with Gasteiger partial charge in [-0.25, -0.2) is 13.2 Å². The van der Waals surface area contributed by atoms with E-state index in [4.69, 9.17) is 4.74 Å². The van der Waals surface area contributed by atoms with Crippen molar-refractivity contribution < 1.29 is 32.3 Å². The highest BCUT2D eigenvalue weighted by Gasteiger charge is 2.41. The summed E-state index contributed by atoms with van der Waals surface area (Å²) in [5.74, 6) is -2.40. The van der Waals surface area contributed by atoms with Gasteiger partial charge in [0.25, 0.3) is 5.91 Å². The number of likely N-dealkylation sites (tertiary alicyclic amines) is 1. The number of carbonyl (C=O) groups excluding carboxylic acids is 4. The summed E-state index contributed by atoms with van der Waals surface area (Å²) in [6.45, 7) is 7.83. The minimum absolute atomic E-state index is 0.00585. The number of aromatic nitrogens is 1. The fourth-order valence-corrected chi connectivity index (χ4v) is 8.52. The van der Waals surface area contributed by atoms with E-state index in [1.54, 1.807) is 13.0 Å². The number of nitrogens with one attached hydrogen (secondary N) is 4. The van der Waals surface area contributed by atoms with Gasteiger partial charge in [-0.15, -0.1) is 6.58 Å². The van der Waals surface area contributed by atoms with Gasteiger partial charge in [-0.05, 0) is 74.6 Å². The largest absolute Gasteiger partial charge is 0.450 e. The monoisotopic (exact) mass is 803 g/mol. The van der Waals surface area contributed by atoms with Crippen LogP contribution >= 0.6 is 0 Å². The zero-order valence-corrected chi connectivity index (χ0v) is 33.9. The molecule has 0 bridgehead atoms. The summed E-state index contributed by atoms with van der Waals surface area (Å²) >= 11 is 0. The third kappa shape index (κ3) is 12.0. The van der Waals surface area contributed by atoms with Crippen LogP contribution in [0.1, 0.15) is 96.5 Å². The van der Waals surface area contributed by atoms with Gasteiger partial charge >= 0.3 is 6.09 Å². The predicted molar refractivity (Wildman–Crippen MR) is 221 cm³/mol. The first-order valence-corrected chi connectivity index (χ1v) is 21.9. The highest BCUT2D eigenvalue weighted by molar-refractivity contribution is 7.90. The van der Waals surface area contributed by atoms with E-state index in [2.05, 4.69) is 33.0 Å². The quantitative estimate of drug-likeness (QED) is 0.0761. The lowest BCUT2D eigenvalue weighted by molar-refractivity contribution is -0.141. The number of carbonyl (C=O) groups is 4. The topological polar surface area (TPSA) is 184 Å². The molecule has 1 aliphatic heterocycles. The Hall–Kier alpha value is -4.98. The smallest absolute Gasteiger partial charge is 0.407 e. The molecule has 2 aromatic carbocycles. The van der Waals surface area contributed by atoms with Crippen molar-refractivity contribution in [2.24, 2.45) is 5.92 Å². The highest BCUT2D eigenvalue weighted by Crippen LogP contribution is 2.28. The van der Waals surface area contributed by atoms with Gasteiger partial charge in [-0.2, -0.15) is 0 Å². The Bertz CT molecular complexity index is 2050. The standard InChI is InChI=1S/C43H57N5O8S/c1-4-6-19-35(42(52)48-25-15-20-37(48)40(50)46-39(29(3)5-2)41(51)47-57(54,55)32-22-23-32)45-43(53)56-26-14-9-7-8-11-16-30-21-24-34-33(27-30)38(49)28-36(44-34)31-17-12-10-13-18-31/h5,10,12-13,17-18,21,24,27-29,32,35,37,39H,2,4,6-9,11,14-16,19-20,22-23,25-26H2,1,3H3,(H,44,49)(H,45,53)(H,46,50)(H,47,51)/t29-,35-,37-,39?/m0/s1. The molecule has 2 aliphatic rings. The Labute approximate surface area is 335 Å². The van der Waals surface area contributed by atoms with Gasteiger partial charge in [0.1, 0.15) is 18.1 Å². The van der Waals surface area contributed by atoms with Gasteiger partial charge in [0.05, 0.1) is 11.9 Å². The van der Waals surface area contributed by atoms with Crippen molar-refractivity contribution >= 4 is 44.7 Å². The maximum atomic E-state index is 13.8. The van der Waals surface area contributed by atoms with E-state index in [0.29, 0.717) is 56.9 Å². The summed E-state index contributed by atoms with van der Waals surface area (Å²) < 4.78 is 32.4. The molecule has 4 atom stereocenters. The lowest BCUT2D eigenvalue weighted by Gasteiger charge is -2.30. The Balaban J connectivity index is 1.04. The molecule has 1 saturated heterocycles. The number of benzene rings is 2. The Kier molecular flexibility index (Phi) is 15.5. The molecule has 2 heterocycles. The summed E-state index contributed by atoms with van der Waals surface area (Å²) in [6, 6.07) is 14.5. The molecule has 1 aromatic heterocycles. The van der Waals surface area contributed by atoms with Gasteiger partial charge in [-0.1, -0.05) is 88.4 Å². The minimum atomic E-state index is -3.83. The average Bonchev–Trinajstić information content (AvgIpc) is 3.96. The van der Waals surface area contributed by atoms with Gasteiger partial charge in [0, 0.05) is 35.1 Å². The number of aryl methyl sites for hydroxylation is 1. The molecule has 14 heteroatoms. The molecule has 308 valence electrons. The molecular weight excluding hydrogens is 747 g/mol. The molecule has 2 fully saturated rings. The van der Waals surface area contributed by atoms with Crippen molar-refractivity contribution in [3.63, 3.8) is 0 Å². The molecule has 3 aromatic rings. The lowest BCUT2D eigenvalue weighted by atomic mass is 10.0. The Morgan fingerprint density at radius 3 is 2.42 bits per heavy atom. The number of unbranched alkanes of at least 4 members (excludes halogenated alkanes) is 5. The molecule has 0 radical (unpaired) electrons. The lowest BCUT2D eigenvalue weighted by Crippen LogP contribution is -2.57. The van der Waals surface area contributed by atoms with Crippen LogP contribution in [-0.2, 0) is 35.6 Å². The van der Waals surface area contributed by atoms with E-state index in [-0.39, 0.29) is 12.0 Å². The number of nitrogens with zero attached hydrogens (tertiary/aromatic N) is 1. The van der Waals surface area contributed by atoms with Crippen molar-refractivity contribution in [2.75, 3.05) is 13.2 Å². The summed E-state index contributed by atoms with van der Waals surface area (Å²) in [6.07, 6.45) is 9.77. The number of amides is 4. The van der Waals surface area contributed by atoms with E-state index < -0.39 is 63.1 Å². The van der Waals surface area contributed by atoms with Crippen LogP contribution in [0.25, 0.3) is 22.2 Å². The van der Waals surface area contributed by atoms with Gasteiger partial charge in [0.15, 0.2) is 5.43 Å². The number of hydrogen-bond donors (Lipinski definition) is 4. The van der Waals surface area contributed by atoms with E-state index in [1.165, 1.54) is 11.0 Å². The molecule has 13 nitrogen and oxygen atoms in total. The number of hydrogen-bond acceptors (Lipinski definition) is 8. The van der Waals surface area contributed by atoms with E-state index >= 15 is 0 Å². The minimum Gasteiger partial charge on any atom is -0.450 e. The second kappa shape index (κ2) is 20.4. The van der Waals surface area contributed by atoms with Crippen LogP contribution in [0.4, 0.5) is 4.79 Å². The van der Waals surface area contributed by atoms with Crippen LogP contribution in [0, 0.1) is 5.92 Å². The van der Waals surface area contributed by atoms with E-state index in [9.17, 15) is 32.4 Å². The Morgan fingerprint density at radius 2 is 1.70 bits per heavy atom. The van der Waals surface area contributed by atoms with Crippen LogP contribution < -0.4 is 20.8 Å². The third-order valence-electron chi connectivity index (χ3n) is 10.8. The number of H-pyrrole nitrogens is 1. The molecule has 1 unspecified atom stereocenters. The Morgan fingerprint density at radius 1 is 0.965 bits per heavy atom. The second-order valence-corrected chi connectivity index (χ2v) is 17.2. The van der Waals surface area contributed by atoms with Crippen molar-refractivity contribution in [3.8, 4) is 11.3 Å². The van der Waals surface area contributed by atoms with Crippen LogP contribution in [-0.4, -0.2) is 78.6 Å². The maximum absolute atomic E-state index is 13.8. The molecule has 4 amide bonds. The fraction of sp³-hybridized carbons (Fsp3) is 0.512. The van der Waals surface area contributed by atoms with Crippen LogP contribution in [0.2, 0.25) is 0 Å². The summed E-state index contributed by atoms with van der Waals surface area (Å²) in [7, 11) is -3.83. The van der Waals surface area contributed by atoms with Crippen molar-refractivity contribution in [1.82, 2.24) is 25.2 Å². The first-order chi connectivity index (χ1) is 27.4. The number of ether oxygens (including phenoxy) is 1. The first-order valence-electron chi connectivity index (χ1n) is 20.3. The van der Waals surface area contributed by atoms with E-state index in [0.717, 1.165) is 60.9 Å². The average molecular weight is 804 g/mol. The number of alkyl carbamates (subject to hydrolysis) is 1. The molecule has 5 rings (SSSR count). The molecule has 1 saturated carbocycles. The number of rotatable bonds is 21. The number of pyridine rings is 1. The second-order valence-electron chi connectivity index (χ2n) is 15.3. The van der Waals surface area contributed by atoms with Crippen molar-refractivity contribution in [3.05, 3.63) is 83.0 Å². The number of sulfonamides is 1. The highest BCUT2D eigenvalue weighted by atomic mass is 32.2. The molecule has 57 heavy (non-hydrogen) atoms. The molecule has 0 spiro atoms. The predicted octanol–water partition coefficient (Wildman–Crippen LogP) is 5.88. The zero-order chi connectivity index (χ0) is 41.0. The number of aromatic amines is 1. The van der Waals surface area contributed by atoms with Gasteiger partial charge in [-0.3, -0.25) is 23.9 Å². The van der Waals surface area contributed by atoms with Gasteiger partial charge < -0.3 is 25.3 Å². The van der Waals surface area contributed by atoms with Gasteiger partial charge in [0.2, 0.25) is 21.8 Å². The first kappa shape index (κ1) is 43.1. The fourth-order valence-electron chi connectivity index (χ4n) is 7.19. The van der Waals surface area contributed by atoms with Crippen molar-refractivity contribution in [2.45, 2.75) is 121 Å². The van der Waals surface area contributed by atoms with E-state index in [1.807, 2.05) is 49.4 Å². The molecular formula is C43H57N5O8S. The zero-order valence-electron chi connectivity index (χ0n) is 33.1. The van der Waals surface area contributed by atoms with Crippen LogP contribution in [0.3, 0.4) is 0 Å². The summed E-state index contributed by atoms with van der Waals surface area (Å²) in [5.41, 5.74) is 3.69. The third-order valence-corrected chi connectivity index (χ3v) is 12.6. The summed E-state index contributed by atoms with van der Waals surface area (Å²) in [4.78, 5) is 70.9. The SMILES string of the molecule is C=C[C@H](C)C(NC(=O)[C@@H]1CCCN1C(=O)[C@H](CCCC)NC(=O)OCCCCCCCc1ccc2[nH]c(-c3ccccc3)cc(=O)c2c1)C(=O)NS(=O)(=O)C1CC1. The summed E-state index contributed by atoms with van der Waals surface area (Å²) in [5, 5.41) is 5.46. The number of fused-ring (bicyclic) bond motifs is 1. The van der Waals surface area contributed by atoms with Crippen LogP contribution in [0.5, 0.6) is 0 Å². The van der Waals surface area contributed by atoms with Crippen LogP contribution in [0.15, 0.2) is 72.0 Å². The maximum Gasteiger partial charge on any atom is 0.407 e.